The number of benzene rings is 19. The first-order valence-electron chi connectivity index (χ1n) is 33.9. The van der Waals surface area contributed by atoms with Gasteiger partial charge in [0.2, 0.25) is 0 Å². The van der Waals surface area contributed by atoms with E-state index in [0.717, 1.165) is 45.3 Å². The Hall–Kier alpha value is -12.9. The monoisotopic (exact) mass is 1240 g/mol. The first-order valence-corrected chi connectivity index (χ1v) is 33.9. The molecule has 456 valence electrons. The molecule has 19 rings (SSSR count). The Bertz CT molecular complexity index is 6350. The zero-order valence-corrected chi connectivity index (χ0v) is 53.7. The molecule has 0 unspecified atom stereocenters. The van der Waals surface area contributed by atoms with E-state index in [-0.39, 0.29) is 0 Å². The highest BCUT2D eigenvalue weighted by Gasteiger charge is 2.24. The summed E-state index contributed by atoms with van der Waals surface area (Å²) in [5, 5.41) is 22.1. The molecule has 0 saturated heterocycles. The van der Waals surface area contributed by atoms with Crippen LogP contribution in [0.25, 0.3) is 153 Å². The van der Waals surface area contributed by atoms with Crippen LogP contribution < -0.4 is 9.80 Å². The molecule has 0 fully saturated rings. The summed E-state index contributed by atoms with van der Waals surface area (Å²) < 4.78 is 0. The third kappa shape index (κ3) is 9.56. The van der Waals surface area contributed by atoms with Crippen molar-refractivity contribution in [3.63, 3.8) is 0 Å². The molecule has 0 atom stereocenters. The van der Waals surface area contributed by atoms with Crippen LogP contribution in [0.3, 0.4) is 0 Å². The number of para-hydroxylation sites is 1. The highest BCUT2D eigenvalue weighted by molar-refractivity contribution is 6.26. The summed E-state index contributed by atoms with van der Waals surface area (Å²) in [6, 6.07) is 139. The molecule has 0 amide bonds. The van der Waals surface area contributed by atoms with Gasteiger partial charge in [-0.2, -0.15) is 0 Å². The van der Waals surface area contributed by atoms with Crippen LogP contribution in [0.4, 0.5) is 34.1 Å². The van der Waals surface area contributed by atoms with Crippen molar-refractivity contribution in [3.8, 4) is 55.6 Å². The van der Waals surface area contributed by atoms with Gasteiger partial charge in [-0.05, 0) is 203 Å². The molecule has 0 bridgehead atoms. The average Bonchev–Trinajstić information content (AvgIpc) is 0.753. The van der Waals surface area contributed by atoms with Crippen molar-refractivity contribution in [3.05, 3.63) is 376 Å². The Labute approximate surface area is 569 Å². The van der Waals surface area contributed by atoms with Gasteiger partial charge in [0, 0.05) is 33.4 Å². The maximum absolute atomic E-state index is 2.48. The Balaban J connectivity index is 0.705. The van der Waals surface area contributed by atoms with Crippen LogP contribution in [0.5, 0.6) is 0 Å². The Kier molecular flexibility index (Phi) is 13.6. The van der Waals surface area contributed by atoms with Gasteiger partial charge in [-0.1, -0.05) is 309 Å². The molecule has 0 heterocycles. The third-order valence-electron chi connectivity index (χ3n) is 20.3. The summed E-state index contributed by atoms with van der Waals surface area (Å²) >= 11 is 0. The van der Waals surface area contributed by atoms with Gasteiger partial charge in [0.25, 0.3) is 0 Å². The number of hydrogen-bond donors (Lipinski definition) is 0. The van der Waals surface area contributed by atoms with Crippen LogP contribution >= 0.6 is 0 Å². The molecule has 0 aliphatic heterocycles. The van der Waals surface area contributed by atoms with Crippen molar-refractivity contribution in [1.29, 1.82) is 0 Å². The summed E-state index contributed by atoms with van der Waals surface area (Å²) in [7, 11) is 0. The predicted molar refractivity (Wildman–Crippen MR) is 421 cm³/mol. The van der Waals surface area contributed by atoms with Crippen LogP contribution in [-0.4, -0.2) is 0 Å². The summed E-state index contributed by atoms with van der Waals surface area (Å²) in [5.74, 6) is 0. The Morgan fingerprint density at radius 1 is 0.143 bits per heavy atom. The molecule has 0 N–H and O–H groups in total. The average molecular weight is 1240 g/mol. The fraction of sp³-hybridized carbons (Fsp3) is 0. The minimum atomic E-state index is 1.08. The Morgan fingerprint density at radius 2 is 0.541 bits per heavy atom. The number of anilines is 6. The lowest BCUT2D eigenvalue weighted by molar-refractivity contribution is 1.30. The normalized spacial score (nSPS) is 11.7. The molecular formula is C96H62N2. The second-order valence-corrected chi connectivity index (χ2v) is 25.8. The highest BCUT2D eigenvalue weighted by Crippen LogP contribution is 2.50. The van der Waals surface area contributed by atoms with Gasteiger partial charge in [0.05, 0.1) is 17.1 Å². The van der Waals surface area contributed by atoms with Gasteiger partial charge < -0.3 is 9.80 Å². The fourth-order valence-corrected chi connectivity index (χ4v) is 15.8. The zero-order valence-electron chi connectivity index (χ0n) is 53.7. The lowest BCUT2D eigenvalue weighted by Gasteiger charge is -2.30. The van der Waals surface area contributed by atoms with E-state index in [9.17, 15) is 0 Å². The van der Waals surface area contributed by atoms with Crippen LogP contribution in [-0.2, 0) is 0 Å². The zero-order chi connectivity index (χ0) is 64.6. The van der Waals surface area contributed by atoms with Crippen LogP contribution in [0, 0.1) is 0 Å². The van der Waals surface area contributed by atoms with Gasteiger partial charge in [-0.3, -0.25) is 0 Å². The minimum absolute atomic E-state index is 1.08. The number of rotatable bonds is 11. The van der Waals surface area contributed by atoms with E-state index in [4.69, 9.17) is 0 Å². The van der Waals surface area contributed by atoms with Crippen molar-refractivity contribution in [1.82, 2.24) is 0 Å². The maximum atomic E-state index is 2.48. The lowest BCUT2D eigenvalue weighted by Crippen LogP contribution is -2.12. The first kappa shape index (κ1) is 56.6. The van der Waals surface area contributed by atoms with Gasteiger partial charge in [0.15, 0.2) is 0 Å². The van der Waals surface area contributed by atoms with E-state index < -0.39 is 0 Å². The quantitative estimate of drug-likeness (QED) is 0.119. The van der Waals surface area contributed by atoms with Crippen molar-refractivity contribution in [2.75, 3.05) is 9.80 Å². The van der Waals surface area contributed by atoms with Crippen LogP contribution in [0.15, 0.2) is 376 Å². The molecule has 2 nitrogen and oxygen atoms in total. The van der Waals surface area contributed by atoms with Crippen molar-refractivity contribution >= 4 is 131 Å². The van der Waals surface area contributed by atoms with Gasteiger partial charge >= 0.3 is 0 Å². The van der Waals surface area contributed by atoms with E-state index in [2.05, 4.69) is 386 Å². The van der Waals surface area contributed by atoms with E-state index in [1.807, 2.05) is 0 Å². The van der Waals surface area contributed by atoms with Gasteiger partial charge in [0.1, 0.15) is 0 Å². The van der Waals surface area contributed by atoms with Gasteiger partial charge in [-0.25, -0.2) is 0 Å². The van der Waals surface area contributed by atoms with Crippen LogP contribution in [0.1, 0.15) is 0 Å². The highest BCUT2D eigenvalue weighted by atomic mass is 15.2. The fourth-order valence-electron chi connectivity index (χ4n) is 15.8. The predicted octanol–water partition coefficient (Wildman–Crippen LogP) is 27.3. The van der Waals surface area contributed by atoms with Crippen LogP contribution in [0.2, 0.25) is 0 Å². The maximum Gasteiger partial charge on any atom is 0.0546 e. The molecule has 19 aromatic carbocycles. The molecule has 0 spiro atoms. The van der Waals surface area contributed by atoms with Crippen molar-refractivity contribution in [2.24, 2.45) is 0 Å². The molecule has 0 radical (unpaired) electrons. The molecule has 98 heavy (non-hydrogen) atoms. The van der Waals surface area contributed by atoms with E-state index >= 15 is 0 Å². The smallest absolute Gasteiger partial charge is 0.0546 e. The minimum Gasteiger partial charge on any atom is -0.310 e. The summed E-state index contributed by atoms with van der Waals surface area (Å²) in [6.45, 7) is 0. The number of nitrogens with zero attached hydrogens (tertiary/aromatic N) is 2. The van der Waals surface area contributed by atoms with Crippen molar-refractivity contribution < 1.29 is 0 Å². The summed E-state index contributed by atoms with van der Waals surface area (Å²) in [6.07, 6.45) is 0. The molecule has 2 heteroatoms. The largest absolute Gasteiger partial charge is 0.310 e. The van der Waals surface area contributed by atoms with E-state index in [0.29, 0.717) is 0 Å². The Morgan fingerprint density at radius 3 is 1.14 bits per heavy atom. The summed E-state index contributed by atoms with van der Waals surface area (Å²) in [4.78, 5) is 4.94. The molecule has 0 aliphatic rings. The molecule has 19 aromatic rings. The molecule has 0 aliphatic carbocycles. The second-order valence-electron chi connectivity index (χ2n) is 25.8. The molecule has 0 aromatic heterocycles. The van der Waals surface area contributed by atoms with E-state index in [1.165, 1.54) is 141 Å². The topological polar surface area (TPSA) is 6.48 Å². The molecular weight excluding hydrogens is 1180 g/mol. The van der Waals surface area contributed by atoms with E-state index in [1.54, 1.807) is 0 Å². The standard InChI is InChI=1S/C96H62N2/c1-3-22-63(23-4-1)64-48-52-74(53-49-64)97(93-61-72-46-42-66-26-7-9-31-80(66)95(72)88-39-17-15-37-86(88)93)76-29-21-28-69(58-76)77-56-57-78(83-34-12-11-33-82(77)83)70-44-45-71-60-90(84-35-13-14-36-85(84)91(71)59-70)68-50-54-75(55-51-68)98(92-41-20-19-30-79(92)65-24-5-2-6-25-65)94-62-73-47-43-67-27-8-10-32-81(67)96(73)89-40-18-16-38-87(89)94/h1-62H. The SMILES string of the molecule is c1ccc(-c2ccc(N(c3cccc(-c4ccc(-c5ccc6cc(-c7ccc(N(c8ccccc8-c8ccccc8)c8cc9ccc%10ccccc%10c9c9ccccc89)cc7)c7ccccc7c6c5)c5ccccc45)c3)c3cc4ccc5ccccc5c4c4ccccc34)cc2)cc1. The van der Waals surface area contributed by atoms with Gasteiger partial charge in [-0.15, -0.1) is 0 Å². The molecule has 0 saturated carbocycles. The number of hydrogen-bond acceptors (Lipinski definition) is 2. The second kappa shape index (κ2) is 23.5. The first-order chi connectivity index (χ1) is 48.6. The summed E-state index contributed by atoms with van der Waals surface area (Å²) in [5.41, 5.74) is 18.4. The third-order valence-corrected chi connectivity index (χ3v) is 20.3. The van der Waals surface area contributed by atoms with Crippen molar-refractivity contribution in [2.45, 2.75) is 0 Å². The number of fused-ring (bicyclic) bond motifs is 14. The lowest BCUT2D eigenvalue weighted by atomic mass is 9.89.